The van der Waals surface area contributed by atoms with Crippen LogP contribution in [0.4, 0.5) is 0 Å². The maximum Gasteiger partial charge on any atom is 0.139 e. The Morgan fingerprint density at radius 2 is 1.53 bits per heavy atom. The second-order valence-electron chi connectivity index (χ2n) is 12.2. The lowest BCUT2D eigenvalue weighted by molar-refractivity contribution is -0.129. The number of allylic oxidation sites excluding steroid dienone is 1. The molecule has 4 aliphatic rings. The van der Waals surface area contributed by atoms with E-state index >= 15 is 0 Å². The molecule has 4 heteroatoms. The van der Waals surface area contributed by atoms with Crippen LogP contribution < -0.4 is 0 Å². The Morgan fingerprint density at radius 3 is 2.21 bits per heavy atom. The van der Waals surface area contributed by atoms with E-state index in [1.165, 1.54) is 79.8 Å². The number of carbonyl (C=O) groups is 2. The van der Waals surface area contributed by atoms with E-state index in [0.29, 0.717) is 42.8 Å². The predicted octanol–water partition coefficient (Wildman–Crippen LogP) is 7.91. The predicted molar refractivity (Wildman–Crippen MR) is 147 cm³/mol. The minimum Gasteiger partial charge on any atom is -0.385 e. The maximum atomic E-state index is 13.0. The number of carbonyl (C=O) groups excluding carboxylic acids is 2. The Labute approximate surface area is 221 Å². The van der Waals surface area contributed by atoms with E-state index in [4.69, 9.17) is 0 Å². The Hall–Kier alpha value is -0.230. The number of ketones is 2. The molecule has 0 aromatic heterocycles. The molecule has 0 spiro atoms. The topological polar surface area (TPSA) is 54.4 Å². The minimum atomic E-state index is -0.882. The van der Waals surface area contributed by atoms with Gasteiger partial charge in [0.25, 0.3) is 0 Å². The first-order chi connectivity index (χ1) is 16.4. The number of alkyl halides is 1. The molecular formula is C30H47IO3. The van der Waals surface area contributed by atoms with Gasteiger partial charge in [0.15, 0.2) is 0 Å². The number of rotatable bonds is 12. The van der Waals surface area contributed by atoms with Crippen molar-refractivity contribution >= 4 is 34.2 Å². The van der Waals surface area contributed by atoms with Crippen molar-refractivity contribution in [2.24, 2.45) is 23.2 Å². The molecule has 5 atom stereocenters. The van der Waals surface area contributed by atoms with E-state index in [2.05, 4.69) is 29.5 Å². The van der Waals surface area contributed by atoms with Crippen molar-refractivity contribution in [3.8, 4) is 0 Å². The third kappa shape index (κ3) is 5.68. The van der Waals surface area contributed by atoms with Crippen LogP contribution in [-0.4, -0.2) is 26.7 Å². The fourth-order valence-corrected chi connectivity index (χ4v) is 8.74. The summed E-state index contributed by atoms with van der Waals surface area (Å²) >= 11 is 2.47. The van der Waals surface area contributed by atoms with Crippen molar-refractivity contribution in [2.75, 3.05) is 4.43 Å². The normalized spacial score (nSPS) is 35.3. The van der Waals surface area contributed by atoms with Gasteiger partial charge < -0.3 is 5.11 Å². The molecule has 0 heterocycles. The van der Waals surface area contributed by atoms with Gasteiger partial charge in [-0.1, -0.05) is 92.9 Å². The van der Waals surface area contributed by atoms with E-state index in [1.807, 2.05) is 0 Å². The Balaban J connectivity index is 1.35. The Kier molecular flexibility index (Phi) is 9.37. The van der Waals surface area contributed by atoms with Gasteiger partial charge in [0.2, 0.25) is 0 Å². The molecule has 0 bridgehead atoms. The van der Waals surface area contributed by atoms with Crippen molar-refractivity contribution in [1.29, 1.82) is 0 Å². The van der Waals surface area contributed by atoms with Crippen LogP contribution in [0.1, 0.15) is 129 Å². The summed E-state index contributed by atoms with van der Waals surface area (Å²) in [6.45, 7) is 2.26. The molecule has 34 heavy (non-hydrogen) atoms. The molecule has 2 unspecified atom stereocenters. The zero-order valence-electron chi connectivity index (χ0n) is 21.5. The zero-order valence-corrected chi connectivity index (χ0v) is 23.7. The number of unbranched alkanes of at least 4 members (excludes halogenated alkanes) is 9. The van der Waals surface area contributed by atoms with Gasteiger partial charge in [-0.15, -0.1) is 0 Å². The van der Waals surface area contributed by atoms with Gasteiger partial charge in [-0.25, -0.2) is 0 Å². The third-order valence-electron chi connectivity index (χ3n) is 9.99. The molecule has 0 radical (unpaired) electrons. The summed E-state index contributed by atoms with van der Waals surface area (Å²) in [5, 5.41) is 11.5. The quantitative estimate of drug-likeness (QED) is 0.110. The molecule has 3 nitrogen and oxygen atoms in total. The van der Waals surface area contributed by atoms with Crippen LogP contribution in [0.2, 0.25) is 0 Å². The number of fused-ring (bicyclic) bond motifs is 4. The van der Waals surface area contributed by atoms with Crippen molar-refractivity contribution in [3.63, 3.8) is 0 Å². The summed E-state index contributed by atoms with van der Waals surface area (Å²) in [6.07, 6.45) is 20.8. The standard InChI is InChI=1S/C30H47IO3/c1-29-20-22(12-10-8-6-4-2-3-5-7-9-11-19-31)28-24(25(29)15-16-27(29)33)17-18-30(34)21-23(32)13-14-26(28)30/h22,24-25,34H,2-21H2,1H3/t22?,24-,25-,29-,30?/m0/s1. The monoisotopic (exact) mass is 582 g/mol. The number of hydrogen-bond acceptors (Lipinski definition) is 3. The van der Waals surface area contributed by atoms with E-state index < -0.39 is 5.60 Å². The molecule has 0 amide bonds. The second-order valence-corrected chi connectivity index (χ2v) is 13.3. The van der Waals surface area contributed by atoms with E-state index in [-0.39, 0.29) is 11.2 Å². The maximum absolute atomic E-state index is 13.0. The average Bonchev–Trinajstić information content (AvgIpc) is 3.10. The Bertz CT molecular complexity index is 773. The van der Waals surface area contributed by atoms with Crippen molar-refractivity contribution < 1.29 is 14.7 Å². The smallest absolute Gasteiger partial charge is 0.139 e. The number of aliphatic hydroxyl groups is 1. The average molecular weight is 583 g/mol. The molecule has 4 aliphatic carbocycles. The largest absolute Gasteiger partial charge is 0.385 e. The van der Waals surface area contributed by atoms with Gasteiger partial charge in [-0.3, -0.25) is 9.59 Å². The highest BCUT2D eigenvalue weighted by Gasteiger charge is 2.58. The van der Waals surface area contributed by atoms with Gasteiger partial charge in [-0.05, 0) is 72.7 Å². The highest BCUT2D eigenvalue weighted by atomic mass is 127. The van der Waals surface area contributed by atoms with Gasteiger partial charge in [-0.2, -0.15) is 0 Å². The van der Waals surface area contributed by atoms with Crippen LogP contribution in [-0.2, 0) is 9.59 Å². The van der Waals surface area contributed by atoms with Gasteiger partial charge >= 0.3 is 0 Å². The SMILES string of the molecule is C[C@]12CC(CCCCCCCCCCCCI)C3=C4CCC(=O)CC4(O)CC[C@H]3[C@@H]1CCC2=O. The molecular weight excluding hydrogens is 535 g/mol. The highest BCUT2D eigenvalue weighted by molar-refractivity contribution is 14.1. The highest BCUT2D eigenvalue weighted by Crippen LogP contribution is 2.62. The van der Waals surface area contributed by atoms with E-state index in [9.17, 15) is 14.7 Å². The number of halogens is 1. The summed E-state index contributed by atoms with van der Waals surface area (Å²) in [7, 11) is 0. The van der Waals surface area contributed by atoms with Crippen molar-refractivity contribution in [2.45, 2.75) is 135 Å². The third-order valence-corrected chi connectivity index (χ3v) is 10.8. The molecule has 192 valence electrons. The molecule has 3 saturated carbocycles. The van der Waals surface area contributed by atoms with Crippen molar-refractivity contribution in [1.82, 2.24) is 0 Å². The lowest BCUT2D eigenvalue weighted by Gasteiger charge is -2.53. The second kappa shape index (κ2) is 11.9. The van der Waals surface area contributed by atoms with Gasteiger partial charge in [0.1, 0.15) is 11.6 Å². The van der Waals surface area contributed by atoms with Crippen LogP contribution in [0, 0.1) is 23.2 Å². The number of Topliss-reactive ketones (excluding diaryl/α,β-unsaturated/α-hetero) is 2. The molecule has 0 saturated heterocycles. The first-order valence-corrected chi connectivity index (χ1v) is 16.0. The zero-order chi connectivity index (χ0) is 24.2. The lowest BCUT2D eigenvalue weighted by Crippen LogP contribution is -2.50. The summed E-state index contributed by atoms with van der Waals surface area (Å²) in [6, 6.07) is 0. The summed E-state index contributed by atoms with van der Waals surface area (Å²) in [5.74, 6) is 2.07. The lowest BCUT2D eigenvalue weighted by atomic mass is 9.52. The molecule has 0 aromatic rings. The summed E-state index contributed by atoms with van der Waals surface area (Å²) in [5.41, 5.74) is 1.71. The van der Waals surface area contributed by atoms with E-state index in [0.717, 1.165) is 38.5 Å². The molecule has 3 fully saturated rings. The van der Waals surface area contributed by atoms with E-state index in [1.54, 1.807) is 0 Å². The molecule has 0 aromatic carbocycles. The van der Waals surface area contributed by atoms with Crippen LogP contribution in [0.25, 0.3) is 0 Å². The Morgan fingerprint density at radius 1 is 0.882 bits per heavy atom. The van der Waals surface area contributed by atoms with Crippen LogP contribution in [0.15, 0.2) is 11.1 Å². The first kappa shape index (κ1) is 26.8. The summed E-state index contributed by atoms with van der Waals surface area (Å²) in [4.78, 5) is 25.2. The van der Waals surface area contributed by atoms with Crippen LogP contribution in [0.3, 0.4) is 0 Å². The first-order valence-electron chi connectivity index (χ1n) is 14.5. The fraction of sp³-hybridized carbons (Fsp3) is 0.867. The minimum absolute atomic E-state index is 0.156. The van der Waals surface area contributed by atoms with Crippen LogP contribution >= 0.6 is 22.6 Å². The van der Waals surface area contributed by atoms with Gasteiger partial charge in [0, 0.05) is 24.7 Å². The van der Waals surface area contributed by atoms with Gasteiger partial charge in [0.05, 0.1) is 5.60 Å². The summed E-state index contributed by atoms with van der Waals surface area (Å²) < 4.78 is 1.29. The fourth-order valence-electron chi connectivity index (χ4n) is 8.20. The van der Waals surface area contributed by atoms with Crippen LogP contribution in [0.5, 0.6) is 0 Å². The van der Waals surface area contributed by atoms with Crippen molar-refractivity contribution in [3.05, 3.63) is 11.1 Å². The molecule has 4 rings (SSSR count). The molecule has 0 aliphatic heterocycles. The number of hydrogen-bond donors (Lipinski definition) is 1. The molecule has 1 N–H and O–H groups in total.